The number of carbonyl (C=O) groups is 1. The molecule has 2 N–H and O–H groups in total. The van der Waals surface area contributed by atoms with Crippen molar-refractivity contribution < 1.29 is 19.5 Å². The number of fused-ring (bicyclic) bond motifs is 1. The molecule has 0 unspecified atom stereocenters. The fourth-order valence-corrected chi connectivity index (χ4v) is 3.04. The second-order valence-electron chi connectivity index (χ2n) is 5.76. The Kier molecular flexibility index (Phi) is 4.62. The summed E-state index contributed by atoms with van der Waals surface area (Å²) in [4.78, 5) is 19.2. The van der Waals surface area contributed by atoms with Gasteiger partial charge in [-0.2, -0.15) is 0 Å². The predicted octanol–water partition coefficient (Wildman–Crippen LogP) is 0.797. The quantitative estimate of drug-likeness (QED) is 0.879. The minimum atomic E-state index is -0.217. The van der Waals surface area contributed by atoms with Gasteiger partial charge in [-0.25, -0.2) is 4.79 Å². The van der Waals surface area contributed by atoms with Crippen molar-refractivity contribution in [3.8, 4) is 5.75 Å². The zero-order chi connectivity index (χ0) is 16.2. The molecule has 23 heavy (non-hydrogen) atoms. The number of ether oxygens (including phenoxy) is 1. The van der Waals surface area contributed by atoms with Crippen LogP contribution in [-0.4, -0.2) is 53.9 Å². The molecule has 0 atom stereocenters. The third-order valence-electron chi connectivity index (χ3n) is 4.28. The van der Waals surface area contributed by atoms with Crippen LogP contribution in [0.1, 0.15) is 12.5 Å². The zero-order valence-electron chi connectivity index (χ0n) is 13.3. The highest BCUT2D eigenvalue weighted by molar-refractivity contribution is 5.86. The monoisotopic (exact) mass is 316 g/mol. The van der Waals surface area contributed by atoms with Crippen molar-refractivity contribution >= 4 is 17.0 Å². The maximum absolute atomic E-state index is 11.7. The number of amides is 1. The molecule has 2 heterocycles. The first-order valence-corrected chi connectivity index (χ1v) is 8.00. The van der Waals surface area contributed by atoms with Crippen LogP contribution in [0.2, 0.25) is 0 Å². The van der Waals surface area contributed by atoms with Gasteiger partial charge in [-0.05, 0) is 25.1 Å². The number of aromatic nitrogens is 1. The molecule has 0 saturated carbocycles. The number of carbonyl (C=O) groups excluding carboxylic acids is 1. The van der Waals surface area contributed by atoms with E-state index in [0.29, 0.717) is 25.2 Å². The van der Waals surface area contributed by atoms with Crippen molar-refractivity contribution in [3.05, 3.63) is 36.0 Å². The number of piperazine rings is 1. The normalized spacial score (nSPS) is 15.8. The number of benzene rings is 1. The summed E-state index contributed by atoms with van der Waals surface area (Å²) in [5.41, 5.74) is 1.82. The topological polar surface area (TPSA) is 67.1 Å². The summed E-state index contributed by atoms with van der Waals surface area (Å²) in [5.74, 6) is 0.214. The summed E-state index contributed by atoms with van der Waals surface area (Å²) in [7, 11) is 0. The van der Waals surface area contributed by atoms with E-state index in [1.54, 1.807) is 17.2 Å². The number of nitrogens with zero attached hydrogens (tertiary/aromatic N) is 2. The molecule has 1 aromatic heterocycles. The molecule has 2 aromatic rings. The highest BCUT2D eigenvalue weighted by atomic mass is 16.6. The van der Waals surface area contributed by atoms with E-state index in [-0.39, 0.29) is 11.8 Å². The minimum Gasteiger partial charge on any atom is -0.506 e. The smallest absolute Gasteiger partial charge is 0.410 e. The third-order valence-corrected chi connectivity index (χ3v) is 4.28. The summed E-state index contributed by atoms with van der Waals surface area (Å²) >= 11 is 0. The Labute approximate surface area is 135 Å². The summed E-state index contributed by atoms with van der Waals surface area (Å²) in [6.07, 6.45) is 1.47. The fraction of sp³-hybridized carbons (Fsp3) is 0.412. The molecule has 0 spiro atoms. The van der Waals surface area contributed by atoms with E-state index < -0.39 is 0 Å². The second kappa shape index (κ2) is 6.83. The SMILES string of the molecule is CCOC(=O)N1CC[NH+](Cc2ccc(O)c3ncccc23)CC1. The number of quaternary nitrogens is 1. The van der Waals surface area contributed by atoms with Crippen molar-refractivity contribution in [3.63, 3.8) is 0 Å². The average Bonchev–Trinajstić information content (AvgIpc) is 2.58. The number of nitrogens with one attached hydrogen (secondary N) is 1. The van der Waals surface area contributed by atoms with Gasteiger partial charge < -0.3 is 14.7 Å². The Balaban J connectivity index is 1.68. The van der Waals surface area contributed by atoms with Crippen LogP contribution in [0.5, 0.6) is 5.75 Å². The number of rotatable bonds is 3. The van der Waals surface area contributed by atoms with E-state index in [9.17, 15) is 9.90 Å². The van der Waals surface area contributed by atoms with Crippen LogP contribution < -0.4 is 4.90 Å². The molecular weight excluding hydrogens is 294 g/mol. The van der Waals surface area contributed by atoms with Gasteiger partial charge in [0.05, 0.1) is 32.8 Å². The average molecular weight is 316 g/mol. The van der Waals surface area contributed by atoms with Crippen LogP contribution in [-0.2, 0) is 11.3 Å². The Morgan fingerprint density at radius 3 is 2.87 bits per heavy atom. The van der Waals surface area contributed by atoms with E-state index in [0.717, 1.165) is 25.0 Å². The molecule has 0 aliphatic carbocycles. The Bertz CT molecular complexity index is 697. The minimum absolute atomic E-state index is 0.214. The molecule has 0 radical (unpaired) electrons. The van der Waals surface area contributed by atoms with Crippen LogP contribution in [0, 0.1) is 0 Å². The van der Waals surface area contributed by atoms with Crippen molar-refractivity contribution in [2.45, 2.75) is 13.5 Å². The number of phenols is 1. The van der Waals surface area contributed by atoms with Crippen molar-refractivity contribution in [2.24, 2.45) is 0 Å². The number of aromatic hydroxyl groups is 1. The van der Waals surface area contributed by atoms with Gasteiger partial charge in [-0.3, -0.25) is 9.88 Å². The highest BCUT2D eigenvalue weighted by Crippen LogP contribution is 2.24. The van der Waals surface area contributed by atoms with E-state index in [1.807, 2.05) is 25.1 Å². The van der Waals surface area contributed by atoms with Crippen LogP contribution in [0.4, 0.5) is 4.79 Å². The summed E-state index contributed by atoms with van der Waals surface area (Å²) < 4.78 is 5.05. The van der Waals surface area contributed by atoms with Gasteiger partial charge in [0.25, 0.3) is 0 Å². The summed E-state index contributed by atoms with van der Waals surface area (Å²) in [5, 5.41) is 10.9. The number of phenolic OH excluding ortho intramolecular Hbond substituents is 1. The lowest BCUT2D eigenvalue weighted by Gasteiger charge is -2.31. The Hall–Kier alpha value is -2.34. The summed E-state index contributed by atoms with van der Waals surface area (Å²) in [6.45, 7) is 6.30. The first kappa shape index (κ1) is 15.6. The molecule has 1 aliphatic heterocycles. The van der Waals surface area contributed by atoms with E-state index >= 15 is 0 Å². The Morgan fingerprint density at radius 1 is 1.35 bits per heavy atom. The van der Waals surface area contributed by atoms with Crippen LogP contribution in [0.25, 0.3) is 10.9 Å². The van der Waals surface area contributed by atoms with E-state index in [2.05, 4.69) is 4.98 Å². The van der Waals surface area contributed by atoms with Gasteiger partial charge in [0.2, 0.25) is 0 Å². The molecule has 1 saturated heterocycles. The fourth-order valence-electron chi connectivity index (χ4n) is 3.04. The van der Waals surface area contributed by atoms with Crippen molar-refractivity contribution in [2.75, 3.05) is 32.8 Å². The van der Waals surface area contributed by atoms with Gasteiger partial charge in [-0.15, -0.1) is 0 Å². The summed E-state index contributed by atoms with van der Waals surface area (Å²) in [6, 6.07) is 7.55. The lowest BCUT2D eigenvalue weighted by molar-refractivity contribution is -0.917. The largest absolute Gasteiger partial charge is 0.506 e. The molecule has 6 nitrogen and oxygen atoms in total. The molecule has 1 fully saturated rings. The van der Waals surface area contributed by atoms with Gasteiger partial charge in [0.15, 0.2) is 0 Å². The van der Waals surface area contributed by atoms with Gasteiger partial charge in [0.1, 0.15) is 17.8 Å². The molecule has 6 heteroatoms. The first-order chi connectivity index (χ1) is 11.2. The molecule has 0 bridgehead atoms. The molecule has 1 aliphatic rings. The number of hydrogen-bond donors (Lipinski definition) is 2. The highest BCUT2D eigenvalue weighted by Gasteiger charge is 2.25. The van der Waals surface area contributed by atoms with Crippen LogP contribution in [0.3, 0.4) is 0 Å². The van der Waals surface area contributed by atoms with Gasteiger partial charge >= 0.3 is 6.09 Å². The van der Waals surface area contributed by atoms with Crippen LogP contribution >= 0.6 is 0 Å². The maximum Gasteiger partial charge on any atom is 0.410 e. The van der Waals surface area contributed by atoms with Crippen molar-refractivity contribution in [1.82, 2.24) is 9.88 Å². The van der Waals surface area contributed by atoms with E-state index in [1.165, 1.54) is 10.5 Å². The third kappa shape index (κ3) is 3.37. The Morgan fingerprint density at radius 2 is 2.13 bits per heavy atom. The van der Waals surface area contributed by atoms with E-state index in [4.69, 9.17) is 4.74 Å². The van der Waals surface area contributed by atoms with Gasteiger partial charge in [0, 0.05) is 17.1 Å². The molecule has 3 rings (SSSR count). The molecule has 1 aromatic carbocycles. The van der Waals surface area contributed by atoms with Gasteiger partial charge in [-0.1, -0.05) is 6.07 Å². The lowest BCUT2D eigenvalue weighted by atomic mass is 10.1. The first-order valence-electron chi connectivity index (χ1n) is 8.00. The molecular formula is C17H22N3O3+. The van der Waals surface area contributed by atoms with Crippen LogP contribution in [0.15, 0.2) is 30.5 Å². The molecule has 122 valence electrons. The molecule has 1 amide bonds. The lowest BCUT2D eigenvalue weighted by Crippen LogP contribution is -3.13. The standard InChI is InChI=1S/C17H21N3O3/c1-2-23-17(22)20-10-8-19(9-11-20)12-13-5-6-15(21)16-14(13)4-3-7-18-16/h3-7,21H,2,8-12H2,1H3/p+1. The predicted molar refractivity (Wildman–Crippen MR) is 86.4 cm³/mol. The van der Waals surface area contributed by atoms with Crippen molar-refractivity contribution in [1.29, 1.82) is 0 Å². The second-order valence-corrected chi connectivity index (χ2v) is 5.76. The number of hydrogen-bond acceptors (Lipinski definition) is 4. The number of pyridine rings is 1. The maximum atomic E-state index is 11.7. The zero-order valence-corrected chi connectivity index (χ0v) is 13.3.